The van der Waals surface area contributed by atoms with Gasteiger partial charge in [0.05, 0.1) is 6.54 Å². The zero-order valence-corrected chi connectivity index (χ0v) is 14.1. The highest BCUT2D eigenvalue weighted by Crippen LogP contribution is 2.18. The number of aliphatic hydroxyl groups excluding tert-OH is 1. The molecule has 5 nitrogen and oxygen atoms in total. The van der Waals surface area contributed by atoms with Gasteiger partial charge in [-0.1, -0.05) is 30.3 Å². The lowest BCUT2D eigenvalue weighted by Gasteiger charge is -2.13. The number of nitrogen functional groups attached to an aromatic ring is 1. The van der Waals surface area contributed by atoms with Gasteiger partial charge in [0, 0.05) is 0 Å². The number of anilines is 1. The van der Waals surface area contributed by atoms with Crippen LogP contribution in [0.4, 0.5) is 5.95 Å². The van der Waals surface area contributed by atoms with Crippen LogP contribution in [0.1, 0.15) is 12.5 Å². The van der Waals surface area contributed by atoms with E-state index in [1.54, 1.807) is 0 Å². The van der Waals surface area contributed by atoms with Gasteiger partial charge in [-0.05, 0) is 37.6 Å². The number of hydrogen-bond acceptors (Lipinski definition) is 3. The van der Waals surface area contributed by atoms with Crippen molar-refractivity contribution in [1.82, 2.24) is 4.57 Å². The minimum absolute atomic E-state index is 0.225. The molecule has 3 aromatic rings. The van der Waals surface area contributed by atoms with Gasteiger partial charge in [0.25, 0.3) is 0 Å². The monoisotopic (exact) mass is 326 g/mol. The molecule has 5 heteroatoms. The number of aromatic nitrogens is 2. The van der Waals surface area contributed by atoms with Crippen molar-refractivity contribution in [3.05, 3.63) is 54.1 Å². The number of fused-ring (bicyclic) bond motifs is 1. The fraction of sp³-hybridized carbons (Fsp3) is 0.316. The normalized spacial score (nSPS) is 12.5. The molecule has 0 aliphatic rings. The lowest BCUT2D eigenvalue weighted by atomic mass is 10.2. The second-order valence-electron chi connectivity index (χ2n) is 5.93. The molecule has 24 heavy (non-hydrogen) atoms. The van der Waals surface area contributed by atoms with Crippen molar-refractivity contribution in [2.45, 2.75) is 33.0 Å². The average Bonchev–Trinajstić information content (AvgIpc) is 2.86. The van der Waals surface area contributed by atoms with E-state index in [0.29, 0.717) is 12.5 Å². The third kappa shape index (κ3) is 3.08. The summed E-state index contributed by atoms with van der Waals surface area (Å²) >= 11 is 0. The Morgan fingerprint density at radius 2 is 1.88 bits per heavy atom. The molecule has 0 aliphatic heterocycles. The molecule has 0 amide bonds. The Kier molecular flexibility index (Phi) is 4.71. The van der Waals surface area contributed by atoms with E-state index in [-0.39, 0.29) is 6.61 Å². The molecular weight excluding hydrogens is 302 g/mol. The minimum Gasteiger partial charge on any atom is -0.490 e. The molecule has 0 unspecified atom stereocenters. The van der Waals surface area contributed by atoms with E-state index >= 15 is 0 Å². The van der Waals surface area contributed by atoms with Gasteiger partial charge in [-0.2, -0.15) is 0 Å². The first kappa shape index (κ1) is 16.3. The summed E-state index contributed by atoms with van der Waals surface area (Å²) in [4.78, 5) is 0. The molecule has 126 valence electrons. The second kappa shape index (κ2) is 6.93. The molecule has 3 N–H and O–H groups in total. The standard InChI is InChI=1S/C19H23N3O2/c1-3-21-16-9-5-6-10-17(16)22(19(21)20)12-15(23)13-24-18-11-7-4-8-14(18)2/h4-11,15,20,23H,3,12-13H2,1-2H3/p+1/t15-/m0/s1. The van der Waals surface area contributed by atoms with E-state index in [1.807, 2.05) is 64.6 Å². The number of aryl methyl sites for hydroxylation is 2. The van der Waals surface area contributed by atoms with Crippen LogP contribution in [-0.4, -0.2) is 22.4 Å². The molecule has 1 heterocycles. The van der Waals surface area contributed by atoms with Crippen LogP contribution in [0.2, 0.25) is 0 Å². The highest BCUT2D eigenvalue weighted by molar-refractivity contribution is 5.73. The molecule has 3 rings (SSSR count). The van der Waals surface area contributed by atoms with Crippen LogP contribution in [0.25, 0.3) is 11.0 Å². The number of hydrogen-bond donors (Lipinski definition) is 2. The summed E-state index contributed by atoms with van der Waals surface area (Å²) in [6, 6.07) is 15.8. The van der Waals surface area contributed by atoms with Crippen molar-refractivity contribution in [3.63, 3.8) is 0 Å². The lowest BCUT2D eigenvalue weighted by Crippen LogP contribution is -2.43. The van der Waals surface area contributed by atoms with Crippen LogP contribution in [0.15, 0.2) is 48.5 Å². The molecule has 0 fully saturated rings. The maximum Gasteiger partial charge on any atom is 0.356 e. The quantitative estimate of drug-likeness (QED) is 0.683. The third-order valence-corrected chi connectivity index (χ3v) is 4.25. The van der Waals surface area contributed by atoms with Crippen LogP contribution < -0.4 is 15.0 Å². The number of rotatable bonds is 6. The summed E-state index contributed by atoms with van der Waals surface area (Å²) in [6.07, 6.45) is -0.645. The van der Waals surface area contributed by atoms with Crippen LogP contribution >= 0.6 is 0 Å². The first-order chi connectivity index (χ1) is 11.6. The molecule has 0 radical (unpaired) electrons. The number of imidazole rings is 1. The van der Waals surface area contributed by atoms with Gasteiger partial charge in [0.15, 0.2) is 0 Å². The Bertz CT molecular complexity index is 842. The zero-order valence-electron chi connectivity index (χ0n) is 14.1. The van der Waals surface area contributed by atoms with Gasteiger partial charge in [-0.15, -0.1) is 0 Å². The number of benzene rings is 2. The Morgan fingerprint density at radius 1 is 1.17 bits per heavy atom. The fourth-order valence-electron chi connectivity index (χ4n) is 3.01. The smallest absolute Gasteiger partial charge is 0.356 e. The van der Waals surface area contributed by atoms with Gasteiger partial charge >= 0.3 is 5.95 Å². The first-order valence-corrected chi connectivity index (χ1v) is 8.24. The van der Waals surface area contributed by atoms with Crippen molar-refractivity contribution in [2.75, 3.05) is 12.3 Å². The molecular formula is C19H24N3O2+. The zero-order chi connectivity index (χ0) is 17.1. The average molecular weight is 326 g/mol. The molecule has 0 aliphatic carbocycles. The first-order valence-electron chi connectivity index (χ1n) is 8.24. The van der Waals surface area contributed by atoms with Crippen molar-refractivity contribution in [2.24, 2.45) is 0 Å². The van der Waals surface area contributed by atoms with Crippen LogP contribution in [0.5, 0.6) is 5.75 Å². The van der Waals surface area contributed by atoms with Gasteiger partial charge in [0.1, 0.15) is 36.0 Å². The largest absolute Gasteiger partial charge is 0.490 e. The molecule has 0 bridgehead atoms. The second-order valence-corrected chi connectivity index (χ2v) is 5.93. The van der Waals surface area contributed by atoms with Gasteiger partial charge in [-0.3, -0.25) is 5.73 Å². The summed E-state index contributed by atoms with van der Waals surface area (Å²) < 4.78 is 9.74. The van der Waals surface area contributed by atoms with E-state index in [4.69, 9.17) is 10.5 Å². The van der Waals surface area contributed by atoms with E-state index in [0.717, 1.165) is 28.9 Å². The number of ether oxygens (including phenoxy) is 1. The van der Waals surface area contributed by atoms with Crippen LogP contribution in [0, 0.1) is 6.92 Å². The minimum atomic E-state index is -0.645. The van der Waals surface area contributed by atoms with E-state index in [1.165, 1.54) is 0 Å². The van der Waals surface area contributed by atoms with Crippen molar-refractivity contribution in [3.8, 4) is 5.75 Å². The molecule has 1 aromatic heterocycles. The van der Waals surface area contributed by atoms with Crippen molar-refractivity contribution >= 4 is 17.0 Å². The van der Waals surface area contributed by atoms with Gasteiger partial charge in [0.2, 0.25) is 0 Å². The topological polar surface area (TPSA) is 64.3 Å². The van der Waals surface area contributed by atoms with Crippen molar-refractivity contribution in [1.29, 1.82) is 0 Å². The number of nitrogens with zero attached hydrogens (tertiary/aromatic N) is 2. The number of nitrogens with two attached hydrogens (primary N) is 1. The van der Waals surface area contributed by atoms with Crippen LogP contribution in [-0.2, 0) is 13.1 Å². The predicted molar refractivity (Wildman–Crippen MR) is 94.9 cm³/mol. The molecule has 1 atom stereocenters. The Labute approximate surface area is 141 Å². The SMILES string of the molecule is CCn1c(N)[n+](C[C@H](O)COc2ccccc2C)c2ccccc21. The maximum absolute atomic E-state index is 10.4. The summed E-state index contributed by atoms with van der Waals surface area (Å²) in [6.45, 7) is 5.46. The number of aliphatic hydroxyl groups is 1. The van der Waals surface area contributed by atoms with E-state index in [9.17, 15) is 5.11 Å². The summed E-state index contributed by atoms with van der Waals surface area (Å²) in [7, 11) is 0. The highest BCUT2D eigenvalue weighted by Gasteiger charge is 2.22. The third-order valence-electron chi connectivity index (χ3n) is 4.25. The molecule has 0 saturated heterocycles. The highest BCUT2D eigenvalue weighted by atomic mass is 16.5. The summed E-state index contributed by atoms with van der Waals surface area (Å²) in [5, 5.41) is 10.4. The fourth-order valence-corrected chi connectivity index (χ4v) is 3.01. The summed E-state index contributed by atoms with van der Waals surface area (Å²) in [5.41, 5.74) is 9.43. The van der Waals surface area contributed by atoms with E-state index < -0.39 is 6.10 Å². The Balaban J connectivity index is 1.77. The molecule has 0 spiro atoms. The van der Waals surface area contributed by atoms with Gasteiger partial charge < -0.3 is 9.84 Å². The number of para-hydroxylation sites is 3. The lowest BCUT2D eigenvalue weighted by molar-refractivity contribution is -0.665. The van der Waals surface area contributed by atoms with Gasteiger partial charge in [-0.25, -0.2) is 9.13 Å². The van der Waals surface area contributed by atoms with Crippen LogP contribution in [0.3, 0.4) is 0 Å². The molecule has 0 saturated carbocycles. The Morgan fingerprint density at radius 3 is 2.62 bits per heavy atom. The predicted octanol–water partition coefficient (Wildman–Crippen LogP) is 2.28. The summed E-state index contributed by atoms with van der Waals surface area (Å²) in [5.74, 6) is 1.44. The molecule has 2 aromatic carbocycles. The van der Waals surface area contributed by atoms with Crippen molar-refractivity contribution < 1.29 is 14.4 Å². The Hall–Kier alpha value is -2.53. The van der Waals surface area contributed by atoms with E-state index in [2.05, 4.69) is 6.92 Å². The maximum atomic E-state index is 10.4.